The highest BCUT2D eigenvalue weighted by Gasteiger charge is 2.19. The second kappa shape index (κ2) is 2.90. The van der Waals surface area contributed by atoms with Crippen molar-refractivity contribution in [1.29, 1.82) is 0 Å². The molecule has 0 amide bonds. The van der Waals surface area contributed by atoms with Crippen LogP contribution in [0.25, 0.3) is 0 Å². The monoisotopic (exact) mass is 141 g/mol. The number of nitrogens with zero attached hydrogens (tertiary/aromatic N) is 2. The molecule has 10 heavy (non-hydrogen) atoms. The molecule has 3 heteroatoms. The van der Waals surface area contributed by atoms with Gasteiger partial charge in [-0.25, -0.2) is 0 Å². The Morgan fingerprint density at radius 3 is 2.90 bits per heavy atom. The maximum atomic E-state index is 5.63. The van der Waals surface area contributed by atoms with E-state index < -0.39 is 0 Å². The van der Waals surface area contributed by atoms with Crippen molar-refractivity contribution in [1.82, 2.24) is 4.90 Å². The van der Waals surface area contributed by atoms with Crippen molar-refractivity contribution in [2.24, 2.45) is 10.7 Å². The van der Waals surface area contributed by atoms with Crippen molar-refractivity contribution >= 4 is 5.96 Å². The van der Waals surface area contributed by atoms with E-state index in [9.17, 15) is 0 Å². The molecular formula is C7H15N3. The van der Waals surface area contributed by atoms with Crippen LogP contribution in [0.3, 0.4) is 0 Å². The highest BCUT2D eigenvalue weighted by molar-refractivity contribution is 5.80. The van der Waals surface area contributed by atoms with Crippen molar-refractivity contribution < 1.29 is 0 Å². The molecule has 0 aromatic rings. The average Bonchev–Trinajstić information content (AvgIpc) is 2.20. The standard InChI is InChI=1S/C7H15N3/c1-3-4-10-6(2)5-9-7(10)8/h6H,3-5H2,1-2H3,(H2,8,9). The van der Waals surface area contributed by atoms with Crippen LogP contribution in [0.15, 0.2) is 4.99 Å². The third kappa shape index (κ3) is 1.23. The maximum absolute atomic E-state index is 5.63. The largest absolute Gasteiger partial charge is 0.370 e. The van der Waals surface area contributed by atoms with Gasteiger partial charge in [0.15, 0.2) is 5.96 Å². The van der Waals surface area contributed by atoms with Gasteiger partial charge in [0, 0.05) is 12.6 Å². The van der Waals surface area contributed by atoms with E-state index in [1.807, 2.05) is 0 Å². The zero-order valence-corrected chi connectivity index (χ0v) is 6.67. The number of guanidine groups is 1. The number of aliphatic imine (C=N–C) groups is 1. The third-order valence-corrected chi connectivity index (χ3v) is 1.81. The smallest absolute Gasteiger partial charge is 0.191 e. The first-order valence-electron chi connectivity index (χ1n) is 3.82. The molecule has 0 bridgehead atoms. The minimum atomic E-state index is 0.514. The molecule has 1 unspecified atom stereocenters. The Bertz CT molecular complexity index is 142. The van der Waals surface area contributed by atoms with Gasteiger partial charge >= 0.3 is 0 Å². The van der Waals surface area contributed by atoms with Crippen LogP contribution in [0.1, 0.15) is 20.3 Å². The van der Waals surface area contributed by atoms with E-state index >= 15 is 0 Å². The first-order valence-corrected chi connectivity index (χ1v) is 3.82. The fourth-order valence-corrected chi connectivity index (χ4v) is 1.22. The van der Waals surface area contributed by atoms with Crippen LogP contribution in [0, 0.1) is 0 Å². The van der Waals surface area contributed by atoms with E-state index in [4.69, 9.17) is 5.73 Å². The SMILES string of the molecule is CCCN1C(N)=NCC1C. The van der Waals surface area contributed by atoms with Gasteiger partial charge in [0.1, 0.15) is 0 Å². The zero-order valence-electron chi connectivity index (χ0n) is 6.67. The lowest BCUT2D eigenvalue weighted by Gasteiger charge is -2.21. The number of rotatable bonds is 2. The fourth-order valence-electron chi connectivity index (χ4n) is 1.22. The molecule has 0 saturated carbocycles. The molecule has 1 aliphatic rings. The second-order valence-electron chi connectivity index (χ2n) is 2.74. The number of nitrogens with two attached hydrogens (primary N) is 1. The molecule has 0 spiro atoms. The molecule has 1 aliphatic heterocycles. The molecule has 0 saturated heterocycles. The first kappa shape index (κ1) is 7.38. The Balaban J connectivity index is 2.47. The summed E-state index contributed by atoms with van der Waals surface area (Å²) in [5.74, 6) is 0.717. The van der Waals surface area contributed by atoms with E-state index in [1.54, 1.807) is 0 Å². The minimum absolute atomic E-state index is 0.514. The van der Waals surface area contributed by atoms with E-state index in [-0.39, 0.29) is 0 Å². The van der Waals surface area contributed by atoms with Crippen molar-refractivity contribution in [3.8, 4) is 0 Å². The van der Waals surface area contributed by atoms with Gasteiger partial charge in [0.25, 0.3) is 0 Å². The summed E-state index contributed by atoms with van der Waals surface area (Å²) in [5.41, 5.74) is 5.63. The number of hydrogen-bond acceptors (Lipinski definition) is 3. The molecule has 2 N–H and O–H groups in total. The lowest BCUT2D eigenvalue weighted by Crippen LogP contribution is -2.39. The Morgan fingerprint density at radius 2 is 2.50 bits per heavy atom. The topological polar surface area (TPSA) is 41.6 Å². The Labute approximate surface area is 61.9 Å². The molecule has 1 heterocycles. The second-order valence-corrected chi connectivity index (χ2v) is 2.74. The van der Waals surface area contributed by atoms with Crippen molar-refractivity contribution in [2.75, 3.05) is 13.1 Å². The Kier molecular flexibility index (Phi) is 2.14. The highest BCUT2D eigenvalue weighted by atomic mass is 15.3. The summed E-state index contributed by atoms with van der Waals surface area (Å²) in [7, 11) is 0. The molecular weight excluding hydrogens is 126 g/mol. The molecule has 1 rings (SSSR count). The quantitative estimate of drug-likeness (QED) is 0.605. The summed E-state index contributed by atoms with van der Waals surface area (Å²) >= 11 is 0. The van der Waals surface area contributed by atoms with Gasteiger partial charge < -0.3 is 10.6 Å². The van der Waals surface area contributed by atoms with Crippen LogP contribution in [-0.2, 0) is 0 Å². The highest BCUT2D eigenvalue weighted by Crippen LogP contribution is 2.06. The van der Waals surface area contributed by atoms with Crippen molar-refractivity contribution in [3.05, 3.63) is 0 Å². The first-order chi connectivity index (χ1) is 4.75. The van der Waals surface area contributed by atoms with Gasteiger partial charge in [-0.1, -0.05) is 6.92 Å². The molecule has 0 aromatic heterocycles. The fraction of sp³-hybridized carbons (Fsp3) is 0.857. The van der Waals surface area contributed by atoms with Gasteiger partial charge in [-0.05, 0) is 13.3 Å². The van der Waals surface area contributed by atoms with Crippen LogP contribution in [-0.4, -0.2) is 30.0 Å². The van der Waals surface area contributed by atoms with E-state index in [0.717, 1.165) is 19.5 Å². The summed E-state index contributed by atoms with van der Waals surface area (Å²) < 4.78 is 0. The predicted molar refractivity (Wildman–Crippen MR) is 42.9 cm³/mol. The summed E-state index contributed by atoms with van der Waals surface area (Å²) in [5, 5.41) is 0. The van der Waals surface area contributed by atoms with Gasteiger partial charge in [-0.2, -0.15) is 0 Å². The number of hydrogen-bond donors (Lipinski definition) is 1. The summed E-state index contributed by atoms with van der Waals surface area (Å²) in [6.45, 7) is 6.21. The molecule has 3 nitrogen and oxygen atoms in total. The van der Waals surface area contributed by atoms with Crippen LogP contribution in [0.4, 0.5) is 0 Å². The maximum Gasteiger partial charge on any atom is 0.191 e. The lowest BCUT2D eigenvalue weighted by atomic mass is 10.3. The van der Waals surface area contributed by atoms with Crippen LogP contribution < -0.4 is 5.73 Å². The van der Waals surface area contributed by atoms with Gasteiger partial charge in [0.2, 0.25) is 0 Å². The average molecular weight is 141 g/mol. The van der Waals surface area contributed by atoms with Gasteiger partial charge in [-0.3, -0.25) is 4.99 Å². The minimum Gasteiger partial charge on any atom is -0.370 e. The Hall–Kier alpha value is -0.730. The normalized spacial score (nSPS) is 25.2. The zero-order chi connectivity index (χ0) is 7.56. The van der Waals surface area contributed by atoms with Gasteiger partial charge in [0.05, 0.1) is 6.54 Å². The van der Waals surface area contributed by atoms with Crippen LogP contribution >= 0.6 is 0 Å². The lowest BCUT2D eigenvalue weighted by molar-refractivity contribution is 0.360. The van der Waals surface area contributed by atoms with E-state index in [1.165, 1.54) is 0 Å². The van der Waals surface area contributed by atoms with E-state index in [0.29, 0.717) is 12.0 Å². The molecule has 0 aromatic carbocycles. The Morgan fingerprint density at radius 1 is 1.80 bits per heavy atom. The van der Waals surface area contributed by atoms with Crippen molar-refractivity contribution in [2.45, 2.75) is 26.3 Å². The predicted octanol–water partition coefficient (Wildman–Crippen LogP) is 0.415. The molecule has 0 aliphatic carbocycles. The summed E-state index contributed by atoms with van der Waals surface area (Å²) in [4.78, 5) is 6.29. The van der Waals surface area contributed by atoms with Gasteiger partial charge in [-0.15, -0.1) is 0 Å². The van der Waals surface area contributed by atoms with Crippen molar-refractivity contribution in [3.63, 3.8) is 0 Å². The van der Waals surface area contributed by atoms with E-state index in [2.05, 4.69) is 23.7 Å². The molecule has 58 valence electrons. The summed E-state index contributed by atoms with van der Waals surface area (Å²) in [6, 6.07) is 0.514. The van der Waals surface area contributed by atoms with Crippen LogP contribution in [0.2, 0.25) is 0 Å². The summed E-state index contributed by atoms with van der Waals surface area (Å²) in [6.07, 6.45) is 1.14. The molecule has 0 radical (unpaired) electrons. The molecule has 0 fully saturated rings. The third-order valence-electron chi connectivity index (χ3n) is 1.81. The molecule has 1 atom stereocenters. The van der Waals surface area contributed by atoms with Crippen LogP contribution in [0.5, 0.6) is 0 Å².